The quantitative estimate of drug-likeness (QED) is 0.204. The molecule has 4 heteroatoms. The van der Waals surface area contributed by atoms with Crippen LogP contribution in [-0.2, 0) is 0 Å². The Morgan fingerprint density at radius 1 is 0.348 bits per heavy atom. The second-order valence-electron chi connectivity index (χ2n) is 11.7. The molecule has 0 fully saturated rings. The van der Waals surface area contributed by atoms with Gasteiger partial charge in [-0.25, -0.2) is 0 Å². The van der Waals surface area contributed by atoms with Gasteiger partial charge >= 0.3 is 0 Å². The van der Waals surface area contributed by atoms with E-state index in [1.807, 2.05) is 48.5 Å². The Bertz CT molecular complexity index is 2750. The van der Waals surface area contributed by atoms with Gasteiger partial charge in [-0.05, 0) is 59.7 Å². The molecule has 0 aliphatic carbocycles. The van der Waals surface area contributed by atoms with E-state index in [1.165, 1.54) is 5.56 Å². The number of fused-ring (bicyclic) bond motifs is 10. The van der Waals surface area contributed by atoms with Gasteiger partial charge in [0.15, 0.2) is 5.58 Å². The Balaban J connectivity index is 1.34. The number of anilines is 3. The Kier molecular flexibility index (Phi) is 5.25. The molecule has 0 unspecified atom stereocenters. The molecule has 0 saturated heterocycles. The van der Waals surface area contributed by atoms with Gasteiger partial charge in [0.1, 0.15) is 27.9 Å². The summed E-state index contributed by atoms with van der Waals surface area (Å²) in [5.41, 5.74) is 10.2. The van der Waals surface area contributed by atoms with E-state index in [1.54, 1.807) is 0 Å². The third-order valence-corrected chi connectivity index (χ3v) is 9.07. The van der Waals surface area contributed by atoms with Gasteiger partial charge in [-0.3, -0.25) is 0 Å². The normalized spacial score (nSPS) is 11.9. The van der Waals surface area contributed by atoms with Gasteiger partial charge in [-0.15, -0.1) is 0 Å². The fourth-order valence-corrected chi connectivity index (χ4v) is 7.00. The van der Waals surface area contributed by atoms with Crippen LogP contribution in [0.2, 0.25) is 0 Å². The molecule has 7 aromatic carbocycles. The van der Waals surface area contributed by atoms with Crippen molar-refractivity contribution in [3.63, 3.8) is 0 Å². The summed E-state index contributed by atoms with van der Waals surface area (Å²) in [7, 11) is 0. The van der Waals surface area contributed by atoms with Crippen LogP contribution in [0.25, 0.3) is 76.9 Å². The summed E-state index contributed by atoms with van der Waals surface area (Å²) in [4.78, 5) is 2.31. The Hall–Kier alpha value is -6.26. The van der Waals surface area contributed by atoms with Crippen molar-refractivity contribution in [1.29, 1.82) is 0 Å². The summed E-state index contributed by atoms with van der Waals surface area (Å²) in [5, 5.41) is 6.21. The first-order chi connectivity index (χ1) is 22.8. The highest BCUT2D eigenvalue weighted by Gasteiger charge is 2.26. The van der Waals surface area contributed by atoms with Crippen molar-refractivity contribution in [2.75, 3.05) is 4.90 Å². The average Bonchev–Trinajstić information content (AvgIpc) is 3.81. The predicted octanol–water partition coefficient (Wildman–Crippen LogP) is 12.5. The van der Waals surface area contributed by atoms with Gasteiger partial charge in [0.25, 0.3) is 0 Å². The van der Waals surface area contributed by atoms with Crippen LogP contribution in [-0.4, -0.2) is 0 Å². The van der Waals surface area contributed by atoms with Gasteiger partial charge < -0.3 is 18.2 Å². The molecule has 3 aromatic heterocycles. The van der Waals surface area contributed by atoms with E-state index in [-0.39, 0.29) is 0 Å². The average molecular weight is 592 g/mol. The molecular weight excluding hydrogens is 566 g/mol. The highest BCUT2D eigenvalue weighted by Crippen LogP contribution is 2.49. The predicted molar refractivity (Wildman–Crippen MR) is 188 cm³/mol. The number of benzene rings is 7. The molecule has 3 heterocycles. The van der Waals surface area contributed by atoms with E-state index in [2.05, 4.69) is 108 Å². The molecule has 10 rings (SSSR count). The van der Waals surface area contributed by atoms with E-state index in [4.69, 9.17) is 13.3 Å². The highest BCUT2D eigenvalue weighted by atomic mass is 16.3. The monoisotopic (exact) mass is 591 g/mol. The molecular formula is C42H25NO3. The smallest absolute Gasteiger partial charge is 0.163 e. The first-order valence-electron chi connectivity index (χ1n) is 15.4. The topological polar surface area (TPSA) is 42.7 Å². The molecule has 46 heavy (non-hydrogen) atoms. The molecule has 4 nitrogen and oxygen atoms in total. The number of furan rings is 3. The molecule has 0 radical (unpaired) electrons. The van der Waals surface area contributed by atoms with Crippen LogP contribution in [0.4, 0.5) is 17.1 Å². The zero-order valence-corrected chi connectivity index (χ0v) is 24.6. The minimum absolute atomic E-state index is 0.768. The minimum Gasteiger partial charge on any atom is -0.456 e. The van der Waals surface area contributed by atoms with E-state index in [0.717, 1.165) is 88.4 Å². The molecule has 0 N–H and O–H groups in total. The van der Waals surface area contributed by atoms with E-state index < -0.39 is 0 Å². The summed E-state index contributed by atoms with van der Waals surface area (Å²) < 4.78 is 19.7. The van der Waals surface area contributed by atoms with Crippen molar-refractivity contribution in [3.05, 3.63) is 152 Å². The zero-order valence-electron chi connectivity index (χ0n) is 24.6. The van der Waals surface area contributed by atoms with Crippen LogP contribution in [0.1, 0.15) is 0 Å². The van der Waals surface area contributed by atoms with E-state index in [9.17, 15) is 0 Å². The first-order valence-corrected chi connectivity index (χ1v) is 15.4. The van der Waals surface area contributed by atoms with Gasteiger partial charge in [0.2, 0.25) is 0 Å². The van der Waals surface area contributed by atoms with Crippen LogP contribution in [0.3, 0.4) is 0 Å². The summed E-state index contributed by atoms with van der Waals surface area (Å²) in [6, 6.07) is 52.4. The van der Waals surface area contributed by atoms with Crippen molar-refractivity contribution in [2.24, 2.45) is 0 Å². The molecule has 10 aromatic rings. The first kappa shape index (κ1) is 25.1. The number of hydrogen-bond donors (Lipinski definition) is 0. The van der Waals surface area contributed by atoms with E-state index in [0.29, 0.717) is 0 Å². The van der Waals surface area contributed by atoms with Crippen LogP contribution in [0.5, 0.6) is 0 Å². The second-order valence-corrected chi connectivity index (χ2v) is 11.7. The minimum atomic E-state index is 0.768. The summed E-state index contributed by atoms with van der Waals surface area (Å²) in [6.07, 6.45) is 0. The van der Waals surface area contributed by atoms with E-state index >= 15 is 0 Å². The van der Waals surface area contributed by atoms with Gasteiger partial charge in [0.05, 0.1) is 22.1 Å². The Morgan fingerprint density at radius 2 is 0.913 bits per heavy atom. The third kappa shape index (κ3) is 3.61. The lowest BCUT2D eigenvalue weighted by molar-refractivity contribution is 0.662. The van der Waals surface area contributed by atoms with Crippen LogP contribution in [0, 0.1) is 0 Å². The molecule has 0 spiro atoms. The van der Waals surface area contributed by atoms with Gasteiger partial charge in [0, 0.05) is 27.2 Å². The molecule has 0 aliphatic rings. The summed E-state index contributed by atoms with van der Waals surface area (Å²) in [5.74, 6) is 0. The largest absolute Gasteiger partial charge is 0.456 e. The van der Waals surface area contributed by atoms with Crippen molar-refractivity contribution < 1.29 is 13.3 Å². The lowest BCUT2D eigenvalue weighted by Crippen LogP contribution is -2.10. The number of rotatable bonds is 4. The molecule has 0 bridgehead atoms. The number of hydrogen-bond acceptors (Lipinski definition) is 4. The van der Waals surface area contributed by atoms with Crippen molar-refractivity contribution in [2.45, 2.75) is 0 Å². The van der Waals surface area contributed by atoms with Crippen molar-refractivity contribution in [1.82, 2.24) is 0 Å². The standard InChI is InChI=1S/C42H25NO3/c1-2-11-26(12-3-1)27-21-23-28(24-22-27)43(33-16-10-20-38-39(33)30-14-5-8-18-36(30)44-38)34-25-32-29-13-4-7-17-35(29)45-41(32)40-31-15-6-9-19-37(31)46-42(34)40/h1-25H. The lowest BCUT2D eigenvalue weighted by Gasteiger charge is -2.26. The molecule has 0 saturated carbocycles. The Morgan fingerprint density at radius 3 is 1.67 bits per heavy atom. The summed E-state index contributed by atoms with van der Waals surface area (Å²) >= 11 is 0. The highest BCUT2D eigenvalue weighted by molar-refractivity contribution is 6.26. The number of para-hydroxylation sites is 3. The van der Waals surface area contributed by atoms with Gasteiger partial charge in [-0.1, -0.05) is 103 Å². The second kappa shape index (κ2) is 9.62. The maximum absolute atomic E-state index is 6.76. The van der Waals surface area contributed by atoms with Crippen LogP contribution in [0.15, 0.2) is 165 Å². The molecule has 216 valence electrons. The lowest BCUT2D eigenvalue weighted by atomic mass is 10.0. The molecule has 0 atom stereocenters. The SMILES string of the molecule is c1ccc(-c2ccc(N(c3cc4c5ccccc5oc4c4c3oc3ccccc34)c3cccc4oc5ccccc5c34)cc2)cc1. The number of nitrogens with zero attached hydrogens (tertiary/aromatic N) is 1. The maximum Gasteiger partial charge on any atom is 0.163 e. The fourth-order valence-electron chi connectivity index (χ4n) is 7.00. The summed E-state index contributed by atoms with van der Waals surface area (Å²) in [6.45, 7) is 0. The zero-order chi connectivity index (χ0) is 30.2. The van der Waals surface area contributed by atoms with Crippen molar-refractivity contribution in [3.8, 4) is 11.1 Å². The molecule has 0 amide bonds. The maximum atomic E-state index is 6.76. The Labute approximate surface area is 263 Å². The van der Waals surface area contributed by atoms with Gasteiger partial charge in [-0.2, -0.15) is 0 Å². The fraction of sp³-hybridized carbons (Fsp3) is 0. The van der Waals surface area contributed by atoms with Crippen molar-refractivity contribution >= 4 is 82.9 Å². The van der Waals surface area contributed by atoms with Crippen LogP contribution >= 0.6 is 0 Å². The van der Waals surface area contributed by atoms with Crippen LogP contribution < -0.4 is 4.90 Å². The third-order valence-electron chi connectivity index (χ3n) is 9.07. The molecule has 0 aliphatic heterocycles.